The number of alkyl halides is 3. The van der Waals surface area contributed by atoms with Gasteiger partial charge in [-0.2, -0.15) is 13.2 Å². The molecule has 2 aromatic rings. The van der Waals surface area contributed by atoms with Crippen LogP contribution in [0.25, 0.3) is 0 Å². The predicted molar refractivity (Wildman–Crippen MR) is 104 cm³/mol. The molecule has 7 nitrogen and oxygen atoms in total. The molecule has 2 rings (SSSR count). The van der Waals surface area contributed by atoms with Gasteiger partial charge in [0.05, 0.1) is 12.2 Å². The number of rotatable bonds is 7. The number of hydrogen-bond acceptors (Lipinski definition) is 5. The van der Waals surface area contributed by atoms with Crippen LogP contribution in [0, 0.1) is 19.8 Å². The van der Waals surface area contributed by atoms with E-state index in [1.54, 1.807) is 39.8 Å². The Balaban J connectivity index is 2.07. The number of anilines is 1. The van der Waals surface area contributed by atoms with Crippen molar-refractivity contribution in [3.8, 4) is 5.88 Å². The number of carbonyl (C=O) groups excluding carboxylic acids is 2. The Morgan fingerprint density at radius 2 is 1.80 bits per heavy atom. The van der Waals surface area contributed by atoms with Crippen LogP contribution < -0.4 is 15.4 Å². The quantitative estimate of drug-likeness (QED) is 0.709. The summed E-state index contributed by atoms with van der Waals surface area (Å²) >= 11 is 0. The van der Waals surface area contributed by atoms with E-state index in [1.807, 2.05) is 0 Å². The lowest BCUT2D eigenvalue weighted by molar-refractivity contribution is -0.154. The Bertz CT molecular complexity index is 930. The molecule has 0 radical (unpaired) electrons. The van der Waals surface area contributed by atoms with Crippen LogP contribution in [-0.2, 0) is 11.3 Å². The Kier molecular flexibility index (Phi) is 7.36. The van der Waals surface area contributed by atoms with Crippen LogP contribution in [0.5, 0.6) is 5.88 Å². The molecule has 0 spiro atoms. The first-order valence-electron chi connectivity index (χ1n) is 9.18. The number of nitrogens with one attached hydrogen (secondary N) is 2. The summed E-state index contributed by atoms with van der Waals surface area (Å²) in [6.45, 7) is 5.38. The number of carbonyl (C=O) groups is 2. The Hall–Kier alpha value is -3.17. The largest absolute Gasteiger partial charge is 0.468 e. The van der Waals surface area contributed by atoms with Gasteiger partial charge in [0.25, 0.3) is 5.91 Å². The van der Waals surface area contributed by atoms with Gasteiger partial charge in [-0.25, -0.2) is 9.97 Å². The van der Waals surface area contributed by atoms with Crippen LogP contribution >= 0.6 is 0 Å². The molecule has 0 bridgehead atoms. The zero-order valence-corrected chi connectivity index (χ0v) is 17.1. The highest BCUT2D eigenvalue weighted by Crippen LogP contribution is 2.19. The normalized spacial score (nSPS) is 11.3. The van der Waals surface area contributed by atoms with E-state index in [0.29, 0.717) is 17.0 Å². The van der Waals surface area contributed by atoms with Crippen molar-refractivity contribution in [2.75, 3.05) is 11.9 Å². The highest BCUT2D eigenvalue weighted by Gasteiger charge is 2.28. The summed E-state index contributed by atoms with van der Waals surface area (Å²) in [5.74, 6) is -0.826. The third kappa shape index (κ3) is 7.34. The molecule has 2 N–H and O–H groups in total. The molecule has 2 amide bonds. The van der Waals surface area contributed by atoms with Crippen molar-refractivity contribution < 1.29 is 27.5 Å². The molecule has 0 aliphatic carbocycles. The Labute approximate surface area is 172 Å². The number of aromatic nitrogens is 2. The summed E-state index contributed by atoms with van der Waals surface area (Å²) in [5, 5.41) is 5.29. The van der Waals surface area contributed by atoms with Crippen LogP contribution in [0.15, 0.2) is 24.3 Å². The van der Waals surface area contributed by atoms with E-state index in [-0.39, 0.29) is 35.6 Å². The van der Waals surface area contributed by atoms with Gasteiger partial charge in [0.15, 0.2) is 6.61 Å². The third-order valence-corrected chi connectivity index (χ3v) is 3.80. The van der Waals surface area contributed by atoms with Gasteiger partial charge in [0, 0.05) is 23.2 Å². The zero-order valence-electron chi connectivity index (χ0n) is 17.1. The standard InChI is InChI=1S/C20H23F3N4O3/c1-11(2)18(28)27-16-8-14(7-13(4)25-16)19(29)24-9-15-5-12(3)6-17(26-15)30-10-20(21,22)23/h5-8,11H,9-10H2,1-4H3,(H,24,29)(H,25,27,28). The van der Waals surface area contributed by atoms with Crippen molar-refractivity contribution in [2.24, 2.45) is 5.92 Å². The molecule has 162 valence electrons. The van der Waals surface area contributed by atoms with Crippen molar-refractivity contribution in [1.82, 2.24) is 15.3 Å². The fourth-order valence-electron chi connectivity index (χ4n) is 2.43. The topological polar surface area (TPSA) is 93.2 Å². The Morgan fingerprint density at radius 3 is 2.43 bits per heavy atom. The lowest BCUT2D eigenvalue weighted by Gasteiger charge is -2.12. The maximum absolute atomic E-state index is 12.5. The highest BCUT2D eigenvalue weighted by molar-refractivity contribution is 5.97. The fraction of sp³-hybridized carbons (Fsp3) is 0.400. The Morgan fingerprint density at radius 1 is 1.10 bits per heavy atom. The first-order valence-corrected chi connectivity index (χ1v) is 9.18. The van der Waals surface area contributed by atoms with Gasteiger partial charge < -0.3 is 15.4 Å². The summed E-state index contributed by atoms with van der Waals surface area (Å²) in [5.41, 5.74) is 1.81. The second kappa shape index (κ2) is 9.55. The van der Waals surface area contributed by atoms with Crippen LogP contribution in [0.2, 0.25) is 0 Å². The lowest BCUT2D eigenvalue weighted by atomic mass is 10.2. The van der Waals surface area contributed by atoms with E-state index in [4.69, 9.17) is 0 Å². The zero-order chi connectivity index (χ0) is 22.5. The fourth-order valence-corrected chi connectivity index (χ4v) is 2.43. The van der Waals surface area contributed by atoms with Crippen LogP contribution in [-0.4, -0.2) is 34.6 Å². The van der Waals surface area contributed by atoms with E-state index in [9.17, 15) is 22.8 Å². The number of amides is 2. The molecule has 0 aromatic carbocycles. The number of hydrogen-bond donors (Lipinski definition) is 2. The second-order valence-electron chi connectivity index (χ2n) is 7.09. The SMILES string of the molecule is Cc1cc(CNC(=O)c2cc(C)nc(NC(=O)C(C)C)c2)nc(OCC(F)(F)F)c1. The van der Waals surface area contributed by atoms with Gasteiger partial charge in [-0.15, -0.1) is 0 Å². The maximum Gasteiger partial charge on any atom is 0.422 e. The average molecular weight is 424 g/mol. The van der Waals surface area contributed by atoms with Crippen LogP contribution in [0.3, 0.4) is 0 Å². The van der Waals surface area contributed by atoms with Gasteiger partial charge in [-0.3, -0.25) is 9.59 Å². The first-order chi connectivity index (χ1) is 13.9. The van der Waals surface area contributed by atoms with Crippen LogP contribution in [0.4, 0.5) is 19.0 Å². The average Bonchev–Trinajstić information content (AvgIpc) is 2.63. The molecule has 0 saturated carbocycles. The number of halogens is 3. The number of pyridine rings is 2. The lowest BCUT2D eigenvalue weighted by Crippen LogP contribution is -2.25. The number of nitrogens with zero attached hydrogens (tertiary/aromatic N) is 2. The monoisotopic (exact) mass is 424 g/mol. The molecule has 10 heteroatoms. The summed E-state index contributed by atoms with van der Waals surface area (Å²) in [7, 11) is 0. The number of ether oxygens (including phenoxy) is 1. The van der Waals surface area contributed by atoms with Crippen molar-refractivity contribution in [2.45, 2.75) is 40.4 Å². The third-order valence-electron chi connectivity index (χ3n) is 3.80. The molecule has 2 aromatic heterocycles. The number of aryl methyl sites for hydroxylation is 2. The molecule has 30 heavy (non-hydrogen) atoms. The van der Waals surface area contributed by atoms with Gasteiger partial charge in [-0.05, 0) is 37.6 Å². The first kappa shape index (κ1) is 23.1. The predicted octanol–water partition coefficient (Wildman–Crippen LogP) is 3.56. The molecular weight excluding hydrogens is 401 g/mol. The van der Waals surface area contributed by atoms with E-state index >= 15 is 0 Å². The molecule has 2 heterocycles. The molecule has 0 atom stereocenters. The van der Waals surface area contributed by atoms with Crippen molar-refractivity contribution in [1.29, 1.82) is 0 Å². The summed E-state index contributed by atoms with van der Waals surface area (Å²) in [6.07, 6.45) is -4.47. The van der Waals surface area contributed by atoms with E-state index in [0.717, 1.165) is 0 Å². The molecule has 0 aliphatic heterocycles. The van der Waals surface area contributed by atoms with Gasteiger partial charge in [-0.1, -0.05) is 13.8 Å². The van der Waals surface area contributed by atoms with Crippen molar-refractivity contribution in [3.63, 3.8) is 0 Å². The van der Waals surface area contributed by atoms with E-state index < -0.39 is 18.7 Å². The van der Waals surface area contributed by atoms with E-state index in [1.165, 1.54) is 12.1 Å². The summed E-state index contributed by atoms with van der Waals surface area (Å²) in [6, 6.07) is 6.02. The van der Waals surface area contributed by atoms with Gasteiger partial charge in [0.1, 0.15) is 5.82 Å². The molecule has 0 unspecified atom stereocenters. The van der Waals surface area contributed by atoms with Gasteiger partial charge >= 0.3 is 6.18 Å². The van der Waals surface area contributed by atoms with Crippen LogP contribution in [0.1, 0.15) is 41.2 Å². The highest BCUT2D eigenvalue weighted by atomic mass is 19.4. The molecule has 0 fully saturated rings. The molecule has 0 saturated heterocycles. The maximum atomic E-state index is 12.5. The molecule has 0 aliphatic rings. The summed E-state index contributed by atoms with van der Waals surface area (Å²) < 4.78 is 41.7. The second-order valence-corrected chi connectivity index (χ2v) is 7.09. The minimum atomic E-state index is -4.47. The van der Waals surface area contributed by atoms with E-state index in [2.05, 4.69) is 25.3 Å². The minimum Gasteiger partial charge on any atom is -0.468 e. The smallest absolute Gasteiger partial charge is 0.422 e. The minimum absolute atomic E-state index is 0.0159. The van der Waals surface area contributed by atoms with Gasteiger partial charge in [0.2, 0.25) is 11.8 Å². The van der Waals surface area contributed by atoms with Crippen molar-refractivity contribution in [3.05, 3.63) is 46.8 Å². The van der Waals surface area contributed by atoms with Crippen molar-refractivity contribution >= 4 is 17.6 Å². The molecular formula is C20H23F3N4O3. The summed E-state index contributed by atoms with van der Waals surface area (Å²) in [4.78, 5) is 32.5.